The Hall–Kier alpha value is -8.93. The number of pyridine rings is 1. The molecular weight excluding hydrogens is 945 g/mol. The summed E-state index contributed by atoms with van der Waals surface area (Å²) in [5.41, 5.74) is 9.63. The van der Waals surface area contributed by atoms with Gasteiger partial charge in [-0.05, 0) is 139 Å². The topological polar surface area (TPSA) is 17.8 Å². The molecule has 2 aromatic heterocycles. The van der Waals surface area contributed by atoms with E-state index in [1.165, 1.54) is 61.1 Å². The summed E-state index contributed by atoms with van der Waals surface area (Å²) < 4.78 is 2.45. The SMILES string of the molecule is c1ccc(-c2ccc3c(c2)c2ccccc2n3-c2cc(-c3cccc(S(c4ccccc4)(c4ccccc4)c4ccccc4)c3)nc(-c3cccc(S(c4ccccc4)(c4ccccc4)c4ccccc4)c3)c2)cc1. The van der Waals surface area contributed by atoms with E-state index in [0.717, 1.165) is 39.2 Å². The summed E-state index contributed by atoms with van der Waals surface area (Å²) in [5, 5.41) is 2.41. The highest BCUT2D eigenvalue weighted by Crippen LogP contribution is 2.75. The second kappa shape index (κ2) is 19.8. The molecule has 0 saturated heterocycles. The van der Waals surface area contributed by atoms with Gasteiger partial charge in [-0.3, -0.25) is 0 Å². The van der Waals surface area contributed by atoms with E-state index >= 15 is 0 Å². The minimum Gasteiger partial charge on any atom is -0.309 e. The molecule has 0 spiro atoms. The van der Waals surface area contributed by atoms with Crippen LogP contribution >= 0.6 is 20.1 Å². The van der Waals surface area contributed by atoms with Crippen LogP contribution in [0.25, 0.3) is 61.1 Å². The number of hydrogen-bond donors (Lipinski definition) is 0. The van der Waals surface area contributed by atoms with Crippen LogP contribution in [-0.2, 0) is 0 Å². The fraction of sp³-hybridized carbons (Fsp3) is 0. The molecule has 0 saturated carbocycles. The van der Waals surface area contributed by atoms with E-state index in [4.69, 9.17) is 4.98 Å². The van der Waals surface area contributed by atoms with Gasteiger partial charge < -0.3 is 4.57 Å². The van der Waals surface area contributed by atoms with Crippen LogP contribution in [0, 0.1) is 0 Å². The summed E-state index contributed by atoms with van der Waals surface area (Å²) in [6.45, 7) is 0. The van der Waals surface area contributed by atoms with Crippen molar-refractivity contribution in [2.75, 3.05) is 0 Å². The van der Waals surface area contributed by atoms with Crippen molar-refractivity contribution in [3.63, 3.8) is 0 Å². The fourth-order valence-corrected chi connectivity index (χ4v) is 18.9. The van der Waals surface area contributed by atoms with Crippen molar-refractivity contribution in [1.29, 1.82) is 0 Å². The number of rotatable bonds is 12. The molecule has 0 amide bonds. The Morgan fingerprint density at radius 1 is 0.227 bits per heavy atom. The Labute approximate surface area is 442 Å². The average Bonchev–Trinajstić information content (AvgIpc) is 3.83. The van der Waals surface area contributed by atoms with Crippen LogP contribution in [0.5, 0.6) is 0 Å². The van der Waals surface area contributed by atoms with Crippen LogP contribution < -0.4 is 0 Å². The molecule has 0 aliphatic carbocycles. The fourth-order valence-electron chi connectivity index (χ4n) is 11.1. The van der Waals surface area contributed by atoms with Crippen LogP contribution in [-0.4, -0.2) is 9.55 Å². The molecule has 0 fully saturated rings. The second-order valence-electron chi connectivity index (χ2n) is 18.7. The van der Waals surface area contributed by atoms with Gasteiger partial charge in [0.05, 0.1) is 28.1 Å². The van der Waals surface area contributed by atoms with Gasteiger partial charge in [-0.1, -0.05) is 188 Å². The molecule has 0 aliphatic heterocycles. The molecule has 13 rings (SSSR count). The van der Waals surface area contributed by atoms with Gasteiger partial charge in [0, 0.05) is 61.1 Å². The number of fused-ring (bicyclic) bond motifs is 3. The van der Waals surface area contributed by atoms with Gasteiger partial charge in [0.2, 0.25) is 0 Å². The van der Waals surface area contributed by atoms with Crippen molar-refractivity contribution in [1.82, 2.24) is 9.55 Å². The Bertz CT molecular complexity index is 3710. The van der Waals surface area contributed by atoms with Crippen molar-refractivity contribution in [2.24, 2.45) is 0 Å². The normalized spacial score (nSPS) is 12.2. The van der Waals surface area contributed by atoms with Gasteiger partial charge in [-0.25, -0.2) is 4.98 Å². The van der Waals surface area contributed by atoms with Crippen molar-refractivity contribution in [2.45, 2.75) is 39.2 Å². The first-order valence-electron chi connectivity index (χ1n) is 25.5. The molecule has 2 nitrogen and oxygen atoms in total. The first-order chi connectivity index (χ1) is 37.2. The zero-order valence-corrected chi connectivity index (χ0v) is 42.9. The van der Waals surface area contributed by atoms with E-state index in [9.17, 15) is 0 Å². The molecule has 75 heavy (non-hydrogen) atoms. The van der Waals surface area contributed by atoms with Gasteiger partial charge in [-0.15, -0.1) is 20.1 Å². The lowest BCUT2D eigenvalue weighted by atomic mass is 10.0. The summed E-state index contributed by atoms with van der Waals surface area (Å²) >= 11 is 0. The minimum absolute atomic E-state index is 0.900. The number of hydrogen-bond acceptors (Lipinski definition) is 1. The van der Waals surface area contributed by atoms with E-state index in [0.29, 0.717) is 0 Å². The molecule has 0 unspecified atom stereocenters. The lowest BCUT2D eigenvalue weighted by Gasteiger charge is -2.42. The predicted octanol–water partition coefficient (Wildman–Crippen LogP) is 19.9. The number of aromatic nitrogens is 2. The van der Waals surface area contributed by atoms with Crippen LogP contribution in [0.4, 0.5) is 0 Å². The minimum atomic E-state index is -1.97. The van der Waals surface area contributed by atoms with Crippen molar-refractivity contribution in [3.8, 4) is 39.3 Å². The molecule has 0 bridgehead atoms. The van der Waals surface area contributed by atoms with E-state index in [-0.39, 0.29) is 0 Å². The van der Waals surface area contributed by atoms with Crippen LogP contribution in [0.15, 0.2) is 355 Å². The molecule has 4 heteroatoms. The average molecular weight is 997 g/mol. The number of para-hydroxylation sites is 1. The van der Waals surface area contributed by atoms with Crippen molar-refractivity contribution >= 4 is 41.9 Å². The standard InChI is InChI=1S/C71H52N2S2/c1-8-26-53(27-9-1)54-46-47-71-67(50-54)66-44-22-23-45-70(66)73(71)57-51-68(55-28-24-42-64(48-55)74(58-30-10-2-11-31-58,59-32-12-3-13-33-59)60-34-14-4-15-35-60)72-69(52-57)56-29-25-43-65(49-56)75(61-36-16-5-17-37-61,62-38-18-6-19-39-62)63-40-20-7-21-41-63/h1-52H. The summed E-state index contributed by atoms with van der Waals surface area (Å²) in [4.78, 5) is 15.9. The highest BCUT2D eigenvalue weighted by atomic mass is 32.3. The Morgan fingerprint density at radius 2 is 0.560 bits per heavy atom. The highest BCUT2D eigenvalue weighted by Gasteiger charge is 2.35. The van der Waals surface area contributed by atoms with E-state index in [2.05, 4.69) is 320 Å². The Balaban J connectivity index is 1.08. The summed E-state index contributed by atoms with van der Waals surface area (Å²) in [6, 6.07) is 116. The molecular formula is C71H52N2S2. The molecule has 0 radical (unpaired) electrons. The third-order valence-electron chi connectivity index (χ3n) is 14.4. The highest BCUT2D eigenvalue weighted by molar-refractivity contribution is 8.34. The summed E-state index contributed by atoms with van der Waals surface area (Å²) in [7, 11) is -3.95. The number of benzene rings is 11. The first kappa shape index (κ1) is 45.9. The predicted molar refractivity (Wildman–Crippen MR) is 315 cm³/mol. The largest absolute Gasteiger partial charge is 0.309 e. The van der Waals surface area contributed by atoms with Crippen LogP contribution in [0.2, 0.25) is 0 Å². The van der Waals surface area contributed by atoms with Crippen LogP contribution in [0.3, 0.4) is 0 Å². The molecule has 2 heterocycles. The monoisotopic (exact) mass is 996 g/mol. The number of nitrogens with zero attached hydrogens (tertiary/aromatic N) is 2. The van der Waals surface area contributed by atoms with E-state index in [1.807, 2.05) is 0 Å². The van der Waals surface area contributed by atoms with E-state index < -0.39 is 20.1 Å². The molecule has 0 aliphatic rings. The van der Waals surface area contributed by atoms with Gasteiger partial charge >= 0.3 is 0 Å². The zero-order valence-electron chi connectivity index (χ0n) is 41.2. The summed E-state index contributed by atoms with van der Waals surface area (Å²) in [6.07, 6.45) is 0. The molecule has 11 aromatic carbocycles. The third kappa shape index (κ3) is 8.07. The Kier molecular flexibility index (Phi) is 12.1. The maximum Gasteiger partial charge on any atom is 0.0730 e. The maximum absolute atomic E-state index is 5.79. The lowest BCUT2D eigenvalue weighted by molar-refractivity contribution is 1.16. The molecule has 13 aromatic rings. The third-order valence-corrected chi connectivity index (χ3v) is 22.2. The summed E-state index contributed by atoms with van der Waals surface area (Å²) in [5.74, 6) is 0. The van der Waals surface area contributed by atoms with Gasteiger partial charge in [0.15, 0.2) is 0 Å². The van der Waals surface area contributed by atoms with E-state index in [1.54, 1.807) is 0 Å². The van der Waals surface area contributed by atoms with Gasteiger partial charge in [-0.2, -0.15) is 0 Å². The first-order valence-corrected chi connectivity index (χ1v) is 28.8. The maximum atomic E-state index is 5.79. The van der Waals surface area contributed by atoms with Gasteiger partial charge in [0.25, 0.3) is 0 Å². The quantitative estimate of drug-likeness (QED) is 0.119. The Morgan fingerprint density at radius 3 is 0.973 bits per heavy atom. The van der Waals surface area contributed by atoms with Crippen molar-refractivity contribution < 1.29 is 0 Å². The second-order valence-corrected chi connectivity index (χ2v) is 24.9. The zero-order chi connectivity index (χ0) is 50.0. The molecule has 0 N–H and O–H groups in total. The lowest BCUT2D eigenvalue weighted by Crippen LogP contribution is -2.06. The molecule has 358 valence electrons. The smallest absolute Gasteiger partial charge is 0.0730 e. The van der Waals surface area contributed by atoms with Crippen molar-refractivity contribution in [3.05, 3.63) is 315 Å². The van der Waals surface area contributed by atoms with Gasteiger partial charge in [0.1, 0.15) is 0 Å². The molecule has 0 atom stereocenters. The van der Waals surface area contributed by atoms with Crippen LogP contribution in [0.1, 0.15) is 0 Å².